The van der Waals surface area contributed by atoms with Gasteiger partial charge in [-0.15, -0.1) is 5.10 Å². The Morgan fingerprint density at radius 1 is 1.48 bits per heavy atom. The highest BCUT2D eigenvalue weighted by Crippen LogP contribution is 2.15. The Kier molecular flexibility index (Phi) is 4.01. The van der Waals surface area contributed by atoms with Crippen LogP contribution < -0.4 is 11.0 Å². The molecule has 3 aromatic heterocycles. The van der Waals surface area contributed by atoms with E-state index in [1.165, 1.54) is 34.3 Å². The first-order valence-corrected chi connectivity index (χ1v) is 7.88. The lowest BCUT2D eigenvalue weighted by Gasteiger charge is -2.12. The van der Waals surface area contributed by atoms with Crippen molar-refractivity contribution in [3.8, 4) is 0 Å². The van der Waals surface area contributed by atoms with E-state index in [0.29, 0.717) is 27.5 Å². The number of hydrogen-bond acceptors (Lipinski definition) is 7. The first kappa shape index (κ1) is 15.4. The summed E-state index contributed by atoms with van der Waals surface area (Å²) in [5, 5.41) is 5.21. The van der Waals surface area contributed by atoms with Crippen molar-refractivity contribution < 1.29 is 9.53 Å². The molecule has 0 atom stereocenters. The highest BCUT2D eigenvalue weighted by molar-refractivity contribution is 7.98. The third kappa shape index (κ3) is 2.66. The molecule has 3 aromatic rings. The van der Waals surface area contributed by atoms with Crippen molar-refractivity contribution in [1.29, 1.82) is 0 Å². The molecule has 1 N–H and O–H groups in total. The van der Waals surface area contributed by atoms with E-state index in [0.717, 1.165) is 0 Å². The second-order valence-corrected chi connectivity index (χ2v) is 5.54. The number of aromatic nitrogens is 5. The third-order valence-electron chi connectivity index (χ3n) is 3.21. The molecule has 0 radical (unpaired) electrons. The summed E-state index contributed by atoms with van der Waals surface area (Å²) >= 11 is 1.39. The minimum Gasteiger partial charge on any atom is -0.375 e. The number of fused-ring (bicyclic) bond motifs is 3. The first-order valence-electron chi connectivity index (χ1n) is 6.66. The van der Waals surface area contributed by atoms with E-state index < -0.39 is 5.91 Å². The van der Waals surface area contributed by atoms with Gasteiger partial charge in [-0.25, -0.2) is 9.66 Å². The fourth-order valence-corrected chi connectivity index (χ4v) is 2.53. The molecule has 0 aliphatic heterocycles. The van der Waals surface area contributed by atoms with Gasteiger partial charge in [0.05, 0.1) is 10.9 Å². The van der Waals surface area contributed by atoms with Gasteiger partial charge in [-0.1, -0.05) is 11.8 Å². The number of methoxy groups -OCH3 is 1. The van der Waals surface area contributed by atoms with Gasteiger partial charge in [0.25, 0.3) is 17.2 Å². The van der Waals surface area contributed by atoms with Crippen LogP contribution in [-0.2, 0) is 9.53 Å². The van der Waals surface area contributed by atoms with Crippen LogP contribution in [0.15, 0.2) is 22.2 Å². The molecule has 0 saturated heterocycles. The van der Waals surface area contributed by atoms with Crippen LogP contribution in [-0.4, -0.2) is 50.1 Å². The highest BCUT2D eigenvalue weighted by Gasteiger charge is 2.14. The normalized spacial score (nSPS) is 11.3. The van der Waals surface area contributed by atoms with Crippen LogP contribution in [0.3, 0.4) is 0 Å². The molecule has 1 amide bonds. The predicted molar refractivity (Wildman–Crippen MR) is 85.3 cm³/mol. The van der Waals surface area contributed by atoms with E-state index in [-0.39, 0.29) is 12.2 Å². The van der Waals surface area contributed by atoms with Gasteiger partial charge in [0, 0.05) is 19.0 Å². The van der Waals surface area contributed by atoms with Crippen molar-refractivity contribution in [2.24, 2.45) is 0 Å². The number of amides is 1. The van der Waals surface area contributed by atoms with E-state index in [1.54, 1.807) is 13.0 Å². The van der Waals surface area contributed by atoms with Gasteiger partial charge in [-0.2, -0.15) is 9.50 Å². The quantitative estimate of drug-likeness (QED) is 0.679. The van der Waals surface area contributed by atoms with Crippen molar-refractivity contribution in [3.05, 3.63) is 28.3 Å². The Morgan fingerprint density at radius 2 is 2.26 bits per heavy atom. The zero-order chi connectivity index (χ0) is 16.6. The second kappa shape index (κ2) is 5.97. The Balaban J connectivity index is 2.21. The van der Waals surface area contributed by atoms with Gasteiger partial charge in [0.15, 0.2) is 0 Å². The van der Waals surface area contributed by atoms with E-state index in [9.17, 15) is 9.59 Å². The standard InChI is InChI=1S/C13H14N6O3S/c1-7-4-9-8(11(21)18(7)16-10(20)6-22-2)5-14-12-15-13(23-3)17-19(9)12/h4-5H,6H2,1-3H3,(H,16,20). The summed E-state index contributed by atoms with van der Waals surface area (Å²) in [5.41, 5.74) is 3.25. The molecule has 120 valence electrons. The molecule has 3 heterocycles. The number of hydrogen-bond donors (Lipinski definition) is 1. The minimum atomic E-state index is -0.420. The molecule has 0 fully saturated rings. The smallest absolute Gasteiger partial charge is 0.280 e. The molecular formula is C13H14N6O3S. The van der Waals surface area contributed by atoms with Crippen LogP contribution in [0, 0.1) is 6.92 Å². The van der Waals surface area contributed by atoms with Gasteiger partial charge < -0.3 is 4.74 Å². The molecule has 0 spiro atoms. The van der Waals surface area contributed by atoms with Crippen LogP contribution in [0.5, 0.6) is 0 Å². The monoisotopic (exact) mass is 334 g/mol. The molecule has 0 unspecified atom stereocenters. The van der Waals surface area contributed by atoms with Crippen molar-refractivity contribution >= 4 is 34.3 Å². The van der Waals surface area contributed by atoms with Crippen LogP contribution in [0.2, 0.25) is 0 Å². The number of aryl methyl sites for hydroxylation is 1. The maximum Gasteiger partial charge on any atom is 0.280 e. The number of rotatable bonds is 4. The lowest BCUT2D eigenvalue weighted by molar-refractivity contribution is -0.120. The Labute approximate surface area is 134 Å². The Bertz CT molecular complexity index is 964. The molecular weight excluding hydrogens is 320 g/mol. The highest BCUT2D eigenvalue weighted by atomic mass is 32.2. The number of thioether (sulfide) groups is 1. The summed E-state index contributed by atoms with van der Waals surface area (Å²) in [6.45, 7) is 1.58. The summed E-state index contributed by atoms with van der Waals surface area (Å²) in [6.07, 6.45) is 3.30. The average Bonchev–Trinajstić information content (AvgIpc) is 2.95. The lowest BCUT2D eigenvalue weighted by Crippen LogP contribution is -2.36. The number of nitrogens with zero attached hydrogens (tertiary/aromatic N) is 5. The van der Waals surface area contributed by atoms with Gasteiger partial charge in [0.1, 0.15) is 6.61 Å². The van der Waals surface area contributed by atoms with E-state index in [4.69, 9.17) is 4.74 Å². The molecule has 9 nitrogen and oxygen atoms in total. The molecule has 0 bridgehead atoms. The summed E-state index contributed by atoms with van der Waals surface area (Å²) in [7, 11) is 1.41. The average molecular weight is 334 g/mol. The van der Waals surface area contributed by atoms with Crippen molar-refractivity contribution in [1.82, 2.24) is 24.3 Å². The van der Waals surface area contributed by atoms with Crippen LogP contribution >= 0.6 is 11.8 Å². The molecule has 0 aliphatic carbocycles. The largest absolute Gasteiger partial charge is 0.375 e. The summed E-state index contributed by atoms with van der Waals surface area (Å²) in [5.74, 6) is -0.00155. The Morgan fingerprint density at radius 3 is 2.96 bits per heavy atom. The van der Waals surface area contributed by atoms with Crippen LogP contribution in [0.1, 0.15) is 5.69 Å². The van der Waals surface area contributed by atoms with Gasteiger partial charge in [-0.3, -0.25) is 15.0 Å². The summed E-state index contributed by atoms with van der Waals surface area (Å²) in [4.78, 5) is 32.7. The van der Waals surface area contributed by atoms with Gasteiger partial charge in [0.2, 0.25) is 5.16 Å². The van der Waals surface area contributed by atoms with E-state index in [2.05, 4.69) is 20.5 Å². The Hall–Kier alpha value is -2.46. The van der Waals surface area contributed by atoms with Crippen LogP contribution in [0.4, 0.5) is 0 Å². The molecule has 23 heavy (non-hydrogen) atoms. The maximum absolute atomic E-state index is 12.6. The molecule has 0 aromatic carbocycles. The topological polar surface area (TPSA) is 103 Å². The number of nitrogens with one attached hydrogen (secondary N) is 1. The van der Waals surface area contributed by atoms with Crippen LogP contribution in [0.25, 0.3) is 16.7 Å². The molecule has 0 saturated carbocycles. The summed E-state index contributed by atoms with van der Waals surface area (Å²) in [6, 6.07) is 1.75. The van der Waals surface area contributed by atoms with Gasteiger partial charge in [-0.05, 0) is 19.2 Å². The van der Waals surface area contributed by atoms with Crippen molar-refractivity contribution in [3.63, 3.8) is 0 Å². The predicted octanol–water partition coefficient (Wildman–Crippen LogP) is 0.186. The molecule has 10 heteroatoms. The summed E-state index contributed by atoms with van der Waals surface area (Å²) < 4.78 is 7.45. The zero-order valence-electron chi connectivity index (χ0n) is 12.7. The van der Waals surface area contributed by atoms with Gasteiger partial charge >= 0.3 is 0 Å². The molecule has 3 rings (SSSR count). The van der Waals surface area contributed by atoms with Crippen molar-refractivity contribution in [2.75, 3.05) is 25.4 Å². The second-order valence-electron chi connectivity index (χ2n) is 4.76. The molecule has 0 aliphatic rings. The third-order valence-corrected chi connectivity index (χ3v) is 3.75. The number of carbonyl (C=O) groups excluding carboxylic acids is 1. The minimum absolute atomic E-state index is 0.138. The number of carbonyl (C=O) groups is 1. The zero-order valence-corrected chi connectivity index (χ0v) is 13.5. The maximum atomic E-state index is 12.6. The van der Waals surface area contributed by atoms with Crippen molar-refractivity contribution in [2.45, 2.75) is 12.1 Å². The first-order chi connectivity index (χ1) is 11.0. The fraction of sp³-hybridized carbons (Fsp3) is 0.308. The number of ether oxygens (including phenoxy) is 1. The lowest BCUT2D eigenvalue weighted by atomic mass is 10.2. The SMILES string of the molecule is COCC(=O)Nn1c(C)cc2c(cnc3nc(SC)nn32)c1=O. The number of pyridine rings is 1. The van der Waals surface area contributed by atoms with E-state index in [1.807, 2.05) is 6.26 Å². The van der Waals surface area contributed by atoms with E-state index >= 15 is 0 Å². The fourth-order valence-electron chi connectivity index (χ4n) is 2.19.